The molecule has 0 saturated carbocycles. The number of amides is 1. The lowest BCUT2D eigenvalue weighted by Crippen LogP contribution is -2.39. The van der Waals surface area contributed by atoms with Crippen LogP contribution in [0.4, 0.5) is 4.39 Å². The first-order valence-corrected chi connectivity index (χ1v) is 10.0. The Bertz CT molecular complexity index is 944. The van der Waals surface area contributed by atoms with Crippen LogP contribution < -0.4 is 5.14 Å². The van der Waals surface area contributed by atoms with E-state index in [4.69, 9.17) is 5.14 Å². The van der Waals surface area contributed by atoms with Gasteiger partial charge in [0, 0.05) is 24.2 Å². The Balaban J connectivity index is 1.91. The first kappa shape index (κ1) is 18.5. The third kappa shape index (κ3) is 3.94. The number of carbonyl (C=O) groups excluding carboxylic acids is 1. The van der Waals surface area contributed by atoms with Gasteiger partial charge in [-0.25, -0.2) is 17.9 Å². The second kappa shape index (κ2) is 7.17. The average Bonchev–Trinajstić information content (AvgIpc) is 2.60. The van der Waals surface area contributed by atoms with Crippen molar-refractivity contribution in [2.45, 2.75) is 24.7 Å². The van der Waals surface area contributed by atoms with E-state index in [2.05, 4.69) is 6.92 Å². The molecule has 3 rings (SSSR count). The lowest BCUT2D eigenvalue weighted by molar-refractivity contribution is 0.0683. The van der Waals surface area contributed by atoms with Crippen LogP contribution in [0.15, 0.2) is 47.4 Å². The molecule has 26 heavy (non-hydrogen) atoms. The molecule has 1 heterocycles. The molecule has 2 aromatic carbocycles. The summed E-state index contributed by atoms with van der Waals surface area (Å²) in [5.41, 5.74) is 1.23. The smallest absolute Gasteiger partial charge is 0.253 e. The number of nitrogens with two attached hydrogens (primary N) is 1. The number of piperidine rings is 1. The molecule has 0 radical (unpaired) electrons. The number of rotatable bonds is 3. The highest BCUT2D eigenvalue weighted by molar-refractivity contribution is 7.89. The third-order valence-corrected chi connectivity index (χ3v) is 5.54. The van der Waals surface area contributed by atoms with Crippen molar-refractivity contribution < 1.29 is 17.6 Å². The van der Waals surface area contributed by atoms with Gasteiger partial charge in [-0.15, -0.1) is 0 Å². The number of hydrogen-bond donors (Lipinski definition) is 1. The van der Waals surface area contributed by atoms with Crippen LogP contribution in [-0.2, 0) is 10.0 Å². The van der Waals surface area contributed by atoms with Crippen molar-refractivity contribution >= 4 is 15.9 Å². The fourth-order valence-electron chi connectivity index (χ4n) is 3.28. The molecule has 0 aromatic heterocycles. The minimum Gasteiger partial charge on any atom is -0.338 e. The zero-order valence-electron chi connectivity index (χ0n) is 14.5. The van der Waals surface area contributed by atoms with Crippen LogP contribution >= 0.6 is 0 Å². The zero-order valence-corrected chi connectivity index (χ0v) is 15.3. The van der Waals surface area contributed by atoms with Crippen LogP contribution in [-0.4, -0.2) is 32.3 Å². The van der Waals surface area contributed by atoms with Crippen molar-refractivity contribution in [1.29, 1.82) is 0 Å². The topological polar surface area (TPSA) is 80.5 Å². The maximum atomic E-state index is 14.4. The van der Waals surface area contributed by atoms with Gasteiger partial charge in [0.05, 0.1) is 4.90 Å². The molecule has 1 fully saturated rings. The highest BCUT2D eigenvalue weighted by Gasteiger charge is 2.22. The van der Waals surface area contributed by atoms with E-state index in [1.165, 1.54) is 12.1 Å². The predicted molar refractivity (Wildman–Crippen MR) is 97.5 cm³/mol. The van der Waals surface area contributed by atoms with Crippen molar-refractivity contribution in [3.63, 3.8) is 0 Å². The van der Waals surface area contributed by atoms with Gasteiger partial charge >= 0.3 is 0 Å². The van der Waals surface area contributed by atoms with Gasteiger partial charge in [0.1, 0.15) is 5.82 Å². The SMILES string of the molecule is CC1CCCN(C(=O)c2cccc(-c3ccc(S(N)(=O)=O)cc3F)c2)C1. The fraction of sp³-hybridized carbons (Fsp3) is 0.316. The molecule has 0 spiro atoms. The Hall–Kier alpha value is -2.25. The molecule has 2 aromatic rings. The summed E-state index contributed by atoms with van der Waals surface area (Å²) in [7, 11) is -3.97. The molecule has 0 aliphatic carbocycles. The van der Waals surface area contributed by atoms with E-state index < -0.39 is 15.8 Å². The van der Waals surface area contributed by atoms with Gasteiger partial charge in [0.25, 0.3) is 5.91 Å². The number of carbonyl (C=O) groups is 1. The number of benzene rings is 2. The van der Waals surface area contributed by atoms with E-state index in [-0.39, 0.29) is 16.4 Å². The lowest BCUT2D eigenvalue weighted by atomic mass is 9.98. The maximum absolute atomic E-state index is 14.4. The number of halogens is 1. The molecule has 7 heteroatoms. The Morgan fingerprint density at radius 2 is 2.00 bits per heavy atom. The summed E-state index contributed by atoms with van der Waals surface area (Å²) >= 11 is 0. The van der Waals surface area contributed by atoms with Gasteiger partial charge in [-0.3, -0.25) is 4.79 Å². The maximum Gasteiger partial charge on any atom is 0.253 e. The molecule has 1 aliphatic heterocycles. The summed E-state index contributed by atoms with van der Waals surface area (Å²) in [6.07, 6.45) is 2.10. The van der Waals surface area contributed by atoms with E-state index in [1.54, 1.807) is 24.3 Å². The van der Waals surface area contributed by atoms with E-state index in [0.717, 1.165) is 32.0 Å². The van der Waals surface area contributed by atoms with Crippen molar-refractivity contribution in [3.8, 4) is 11.1 Å². The minimum atomic E-state index is -3.97. The molecule has 0 bridgehead atoms. The highest BCUT2D eigenvalue weighted by Crippen LogP contribution is 2.26. The molecular weight excluding hydrogens is 355 g/mol. The number of sulfonamides is 1. The second-order valence-corrected chi connectivity index (χ2v) is 8.33. The molecule has 1 aliphatic rings. The summed E-state index contributed by atoms with van der Waals surface area (Å²) in [6.45, 7) is 3.57. The lowest BCUT2D eigenvalue weighted by Gasteiger charge is -2.31. The summed E-state index contributed by atoms with van der Waals surface area (Å²) in [6, 6.07) is 10.2. The fourth-order valence-corrected chi connectivity index (χ4v) is 3.81. The van der Waals surface area contributed by atoms with Crippen LogP contribution in [0.1, 0.15) is 30.1 Å². The number of nitrogens with zero attached hydrogens (tertiary/aromatic N) is 1. The monoisotopic (exact) mass is 376 g/mol. The van der Waals surface area contributed by atoms with Crippen LogP contribution in [0.25, 0.3) is 11.1 Å². The average molecular weight is 376 g/mol. The summed E-state index contributed by atoms with van der Waals surface area (Å²) < 4.78 is 37.1. The predicted octanol–water partition coefficient (Wildman–Crippen LogP) is 3.01. The Morgan fingerprint density at radius 1 is 1.23 bits per heavy atom. The first-order chi connectivity index (χ1) is 12.3. The van der Waals surface area contributed by atoms with E-state index in [9.17, 15) is 17.6 Å². The number of primary sulfonamides is 1. The largest absolute Gasteiger partial charge is 0.338 e. The van der Waals surface area contributed by atoms with Gasteiger partial charge in [-0.05, 0) is 48.6 Å². The van der Waals surface area contributed by atoms with Crippen molar-refractivity contribution in [2.24, 2.45) is 11.1 Å². The van der Waals surface area contributed by atoms with Crippen molar-refractivity contribution in [2.75, 3.05) is 13.1 Å². The van der Waals surface area contributed by atoms with Crippen LogP contribution in [0, 0.1) is 11.7 Å². The van der Waals surface area contributed by atoms with Crippen LogP contribution in [0.3, 0.4) is 0 Å². The van der Waals surface area contributed by atoms with Gasteiger partial charge < -0.3 is 4.90 Å². The van der Waals surface area contributed by atoms with Crippen LogP contribution in [0.5, 0.6) is 0 Å². The van der Waals surface area contributed by atoms with Crippen molar-refractivity contribution in [3.05, 3.63) is 53.8 Å². The molecule has 1 unspecified atom stereocenters. The molecule has 1 saturated heterocycles. The third-order valence-electron chi connectivity index (χ3n) is 4.63. The van der Waals surface area contributed by atoms with Gasteiger partial charge in [0.15, 0.2) is 0 Å². The number of hydrogen-bond acceptors (Lipinski definition) is 3. The summed E-state index contributed by atoms with van der Waals surface area (Å²) in [4.78, 5) is 14.3. The van der Waals surface area contributed by atoms with Crippen LogP contribution in [0.2, 0.25) is 0 Å². The normalized spacial score (nSPS) is 18.0. The van der Waals surface area contributed by atoms with Crippen molar-refractivity contribution in [1.82, 2.24) is 4.90 Å². The minimum absolute atomic E-state index is 0.0695. The van der Waals surface area contributed by atoms with E-state index >= 15 is 0 Å². The summed E-state index contributed by atoms with van der Waals surface area (Å²) in [5.74, 6) is -0.299. The Labute approximate surface area is 152 Å². The molecule has 138 valence electrons. The van der Waals surface area contributed by atoms with Gasteiger partial charge in [-0.1, -0.05) is 25.1 Å². The van der Waals surface area contributed by atoms with Gasteiger partial charge in [-0.2, -0.15) is 0 Å². The number of likely N-dealkylation sites (tertiary alicyclic amines) is 1. The summed E-state index contributed by atoms with van der Waals surface area (Å²) in [5, 5.41) is 5.03. The molecular formula is C19H21FN2O3S. The zero-order chi connectivity index (χ0) is 18.9. The van der Waals surface area contributed by atoms with E-state index in [0.29, 0.717) is 17.0 Å². The van der Waals surface area contributed by atoms with Gasteiger partial charge in [0.2, 0.25) is 10.0 Å². The molecule has 1 atom stereocenters. The second-order valence-electron chi connectivity index (χ2n) is 6.77. The first-order valence-electron chi connectivity index (χ1n) is 8.48. The highest BCUT2D eigenvalue weighted by atomic mass is 32.2. The molecule has 2 N–H and O–H groups in total. The standard InChI is InChI=1S/C19H21FN2O3S/c1-13-4-3-9-22(12-13)19(23)15-6-2-5-14(10-15)17-8-7-16(11-18(17)20)26(21,24)25/h2,5-8,10-11,13H,3-4,9,12H2,1H3,(H2,21,24,25). The molecule has 5 nitrogen and oxygen atoms in total. The van der Waals surface area contributed by atoms with E-state index in [1.807, 2.05) is 4.90 Å². The molecule has 1 amide bonds. The quantitative estimate of drug-likeness (QED) is 0.894. The Kier molecular flexibility index (Phi) is 5.11. The Morgan fingerprint density at radius 3 is 2.65 bits per heavy atom.